The molecule has 0 aliphatic rings. The largest absolute Gasteiger partial charge is 0.255 e. The highest BCUT2D eigenvalue weighted by atomic mass is 15.1. The summed E-state index contributed by atoms with van der Waals surface area (Å²) in [6, 6.07) is 11.2. The molecule has 0 radical (unpaired) electrons. The lowest BCUT2D eigenvalue weighted by Crippen LogP contribution is -1.91. The van der Waals surface area contributed by atoms with Crippen LogP contribution in [0.25, 0.3) is 21.8 Å². The minimum Gasteiger partial charge on any atom is -0.255 e. The molecule has 0 saturated heterocycles. The van der Waals surface area contributed by atoms with Gasteiger partial charge in [0.15, 0.2) is 0 Å². The Balaban J connectivity index is 2.32. The number of hydrogen-bond acceptors (Lipinski definition) is 3. The van der Waals surface area contributed by atoms with Crippen molar-refractivity contribution in [3.63, 3.8) is 0 Å². The Morgan fingerprint density at radius 2 is 2.00 bits per heavy atom. The van der Waals surface area contributed by atoms with Gasteiger partial charge >= 0.3 is 0 Å². The number of rotatable bonds is 3. The van der Waals surface area contributed by atoms with Crippen molar-refractivity contribution >= 4 is 0 Å². The van der Waals surface area contributed by atoms with E-state index in [1.54, 1.807) is 6.20 Å². The van der Waals surface area contributed by atoms with Crippen LogP contribution >= 0.6 is 0 Å². The molecule has 0 saturated carbocycles. The van der Waals surface area contributed by atoms with Gasteiger partial charge in [-0.15, -0.1) is 0 Å². The van der Waals surface area contributed by atoms with E-state index in [0.29, 0.717) is 0 Å². The van der Waals surface area contributed by atoms with Gasteiger partial charge < -0.3 is 0 Å². The third kappa shape index (κ3) is 2.34. The number of hydrogen-bond donors (Lipinski definition) is 0. The maximum atomic E-state index is 8.23. The van der Waals surface area contributed by atoms with Crippen molar-refractivity contribution in [1.29, 1.82) is 0 Å². The van der Waals surface area contributed by atoms with Crippen molar-refractivity contribution in [1.82, 2.24) is 9.97 Å². The van der Waals surface area contributed by atoms with Gasteiger partial charge in [-0.1, -0.05) is 17.2 Å². The van der Waals surface area contributed by atoms with Gasteiger partial charge in [-0.05, 0) is 29.8 Å². The van der Waals surface area contributed by atoms with E-state index < -0.39 is 0 Å². The molecule has 0 aromatic carbocycles. The lowest BCUT2D eigenvalue weighted by atomic mass is 10.2. The van der Waals surface area contributed by atoms with E-state index in [2.05, 4.69) is 20.0 Å². The monoisotopic (exact) mass is 211 g/mol. The predicted molar refractivity (Wildman–Crippen MR) is 60.3 cm³/mol. The summed E-state index contributed by atoms with van der Waals surface area (Å²) in [7, 11) is 0. The molecule has 0 spiro atoms. The lowest BCUT2D eigenvalue weighted by Gasteiger charge is -2.01. The summed E-state index contributed by atoms with van der Waals surface area (Å²) in [5.74, 6) is 0. The van der Waals surface area contributed by atoms with E-state index in [4.69, 9.17) is 5.53 Å². The molecule has 0 fully saturated rings. The molecule has 78 valence electrons. The molecule has 0 aliphatic heterocycles. The highest BCUT2D eigenvalue weighted by Crippen LogP contribution is 2.13. The number of aromatic nitrogens is 2. The Hall–Kier alpha value is -2.39. The predicted octanol–water partition coefficient (Wildman–Crippen LogP) is 2.95. The highest BCUT2D eigenvalue weighted by Gasteiger charge is 2.00. The van der Waals surface area contributed by atoms with Gasteiger partial charge in [-0.25, -0.2) is 0 Å². The normalized spacial score (nSPS) is 9.50. The van der Waals surface area contributed by atoms with E-state index in [1.165, 1.54) is 0 Å². The summed E-state index contributed by atoms with van der Waals surface area (Å²) >= 11 is 0. The van der Waals surface area contributed by atoms with Gasteiger partial charge in [-0.3, -0.25) is 9.97 Å². The van der Waals surface area contributed by atoms with Crippen LogP contribution < -0.4 is 0 Å². The summed E-state index contributed by atoms with van der Waals surface area (Å²) in [6.07, 6.45) is 1.72. The van der Waals surface area contributed by atoms with Crippen molar-refractivity contribution in [2.45, 2.75) is 6.54 Å². The lowest BCUT2D eigenvalue weighted by molar-refractivity contribution is 0.976. The fraction of sp³-hybridized carbons (Fsp3) is 0.0909. The zero-order valence-corrected chi connectivity index (χ0v) is 8.48. The van der Waals surface area contributed by atoms with E-state index in [0.717, 1.165) is 17.1 Å². The second-order valence-corrected chi connectivity index (χ2v) is 3.12. The van der Waals surface area contributed by atoms with Crippen molar-refractivity contribution in [2.75, 3.05) is 0 Å². The van der Waals surface area contributed by atoms with Crippen LogP contribution in [0.15, 0.2) is 47.7 Å². The second-order valence-electron chi connectivity index (χ2n) is 3.12. The van der Waals surface area contributed by atoms with E-state index in [1.807, 2.05) is 36.4 Å². The Kier molecular flexibility index (Phi) is 3.11. The summed E-state index contributed by atoms with van der Waals surface area (Å²) in [5, 5.41) is 3.47. The number of pyridine rings is 2. The standard InChI is InChI=1S/C11H9N5/c12-16-14-8-9-4-3-6-11(15-9)10-5-1-2-7-13-10/h1-7H,8H2. The zero-order valence-electron chi connectivity index (χ0n) is 8.48. The topological polar surface area (TPSA) is 74.5 Å². The highest BCUT2D eigenvalue weighted by molar-refractivity contribution is 5.53. The van der Waals surface area contributed by atoms with Gasteiger partial charge in [0, 0.05) is 16.8 Å². The average Bonchev–Trinajstić information content (AvgIpc) is 2.38. The molecule has 0 amide bonds. The first-order chi connectivity index (χ1) is 7.90. The first-order valence-electron chi connectivity index (χ1n) is 4.78. The van der Waals surface area contributed by atoms with Gasteiger partial charge in [0.2, 0.25) is 0 Å². The smallest absolute Gasteiger partial charge is 0.0889 e. The quantitative estimate of drug-likeness (QED) is 0.444. The first-order valence-corrected chi connectivity index (χ1v) is 4.78. The SMILES string of the molecule is [N-]=[N+]=NCc1cccc(-c2ccccn2)n1. The van der Waals surface area contributed by atoms with Crippen molar-refractivity contribution < 1.29 is 0 Å². The molecule has 5 nitrogen and oxygen atoms in total. The molecule has 0 aliphatic carbocycles. The Labute approximate surface area is 92.4 Å². The van der Waals surface area contributed by atoms with Crippen LogP contribution in [0.2, 0.25) is 0 Å². The minimum absolute atomic E-state index is 0.261. The van der Waals surface area contributed by atoms with Crippen LogP contribution in [-0.2, 0) is 6.54 Å². The summed E-state index contributed by atoms with van der Waals surface area (Å²) in [5.41, 5.74) is 10.6. The molecule has 2 aromatic rings. The molecule has 0 bridgehead atoms. The Morgan fingerprint density at radius 1 is 1.12 bits per heavy atom. The second kappa shape index (κ2) is 4.91. The van der Waals surface area contributed by atoms with Crippen LogP contribution in [0.3, 0.4) is 0 Å². The molecule has 0 atom stereocenters. The fourth-order valence-corrected chi connectivity index (χ4v) is 1.33. The summed E-state index contributed by atoms with van der Waals surface area (Å²) in [6.45, 7) is 0.261. The zero-order chi connectivity index (χ0) is 11.2. The molecule has 0 N–H and O–H groups in total. The van der Waals surface area contributed by atoms with Crippen molar-refractivity contribution in [3.8, 4) is 11.4 Å². The van der Waals surface area contributed by atoms with Crippen molar-refractivity contribution in [3.05, 3.63) is 58.7 Å². The Morgan fingerprint density at radius 3 is 2.75 bits per heavy atom. The summed E-state index contributed by atoms with van der Waals surface area (Å²) in [4.78, 5) is 11.3. The average molecular weight is 211 g/mol. The molecule has 2 aromatic heterocycles. The van der Waals surface area contributed by atoms with Gasteiger partial charge in [0.05, 0.1) is 17.9 Å². The number of azide groups is 1. The molecule has 2 heterocycles. The third-order valence-electron chi connectivity index (χ3n) is 2.03. The molecule has 2 rings (SSSR count). The third-order valence-corrected chi connectivity index (χ3v) is 2.03. The summed E-state index contributed by atoms with van der Waals surface area (Å²) < 4.78 is 0. The fourth-order valence-electron chi connectivity index (χ4n) is 1.33. The van der Waals surface area contributed by atoms with Gasteiger partial charge in [0.1, 0.15) is 0 Å². The number of nitrogens with zero attached hydrogens (tertiary/aromatic N) is 5. The molecule has 5 heteroatoms. The van der Waals surface area contributed by atoms with Crippen LogP contribution in [-0.4, -0.2) is 9.97 Å². The maximum absolute atomic E-state index is 8.23. The molecular weight excluding hydrogens is 202 g/mol. The van der Waals surface area contributed by atoms with Gasteiger partial charge in [-0.2, -0.15) is 0 Å². The molecule has 16 heavy (non-hydrogen) atoms. The molecule has 0 unspecified atom stereocenters. The van der Waals surface area contributed by atoms with Crippen LogP contribution in [0.5, 0.6) is 0 Å². The van der Waals surface area contributed by atoms with E-state index in [-0.39, 0.29) is 6.54 Å². The first kappa shape index (κ1) is 10.1. The van der Waals surface area contributed by atoms with Crippen LogP contribution in [0.4, 0.5) is 0 Å². The van der Waals surface area contributed by atoms with E-state index in [9.17, 15) is 0 Å². The van der Waals surface area contributed by atoms with Crippen molar-refractivity contribution in [2.24, 2.45) is 5.11 Å². The van der Waals surface area contributed by atoms with E-state index >= 15 is 0 Å². The Bertz CT molecular complexity index is 517. The maximum Gasteiger partial charge on any atom is 0.0889 e. The van der Waals surface area contributed by atoms with Crippen LogP contribution in [0, 0.1) is 0 Å². The minimum atomic E-state index is 0.261. The van der Waals surface area contributed by atoms with Gasteiger partial charge in [0.25, 0.3) is 0 Å². The van der Waals surface area contributed by atoms with Crippen LogP contribution in [0.1, 0.15) is 5.69 Å². The molecular formula is C11H9N5.